The molecule has 1 aromatic carbocycles. The van der Waals surface area contributed by atoms with E-state index in [1.54, 1.807) is 5.48 Å². The molecule has 0 aliphatic heterocycles. The highest BCUT2D eigenvalue weighted by molar-refractivity contribution is 5.80. The molecule has 2 aromatic rings. The fourth-order valence-corrected chi connectivity index (χ4v) is 2.76. The Hall–Kier alpha value is -1.92. The van der Waals surface area contributed by atoms with Crippen molar-refractivity contribution in [3.8, 4) is 0 Å². The lowest BCUT2D eigenvalue weighted by Crippen LogP contribution is -2.39. The number of hydrogen-bond donors (Lipinski definition) is 3. The molecule has 1 atom stereocenters. The standard InChI is InChI=1S/C17H26N4O2/c1-2-3-4-7-12-21-15-9-6-5-8-14(15)19-16(21)11-10-13(18)17(22)20-23/h5-6,8-9,13,23H,2-4,7,10-12,18H2,1H3,(H,20,22)/t13-/m0/s1. The van der Waals surface area contributed by atoms with Gasteiger partial charge in [0.2, 0.25) is 0 Å². The molecule has 0 radical (unpaired) electrons. The molecule has 6 heteroatoms. The summed E-state index contributed by atoms with van der Waals surface area (Å²) in [4.78, 5) is 16.0. The number of hydrogen-bond acceptors (Lipinski definition) is 4. The van der Waals surface area contributed by atoms with E-state index in [1.807, 2.05) is 18.2 Å². The highest BCUT2D eigenvalue weighted by Crippen LogP contribution is 2.18. The largest absolute Gasteiger partial charge is 0.328 e. The molecule has 0 fully saturated rings. The number of nitrogens with two attached hydrogens (primary N) is 1. The molecule has 4 N–H and O–H groups in total. The van der Waals surface area contributed by atoms with E-state index in [-0.39, 0.29) is 0 Å². The Labute approximate surface area is 136 Å². The van der Waals surface area contributed by atoms with Crippen molar-refractivity contribution in [2.45, 2.75) is 58.0 Å². The van der Waals surface area contributed by atoms with E-state index in [1.165, 1.54) is 19.3 Å². The fourth-order valence-electron chi connectivity index (χ4n) is 2.76. The molecule has 0 spiro atoms. The zero-order valence-corrected chi connectivity index (χ0v) is 13.7. The number of aryl methyl sites for hydroxylation is 2. The lowest BCUT2D eigenvalue weighted by molar-refractivity contribution is -0.130. The highest BCUT2D eigenvalue weighted by atomic mass is 16.5. The molecule has 1 amide bonds. The molecule has 0 saturated carbocycles. The number of rotatable bonds is 9. The van der Waals surface area contributed by atoms with Crippen molar-refractivity contribution in [1.82, 2.24) is 15.0 Å². The molecule has 126 valence electrons. The van der Waals surface area contributed by atoms with Crippen LogP contribution in [-0.2, 0) is 17.8 Å². The zero-order valence-electron chi connectivity index (χ0n) is 13.7. The average Bonchev–Trinajstić information content (AvgIpc) is 2.93. The number of nitrogens with zero attached hydrogens (tertiary/aromatic N) is 2. The molecule has 0 saturated heterocycles. The van der Waals surface area contributed by atoms with Crippen LogP contribution in [0.4, 0.5) is 0 Å². The Morgan fingerprint density at radius 2 is 2.13 bits per heavy atom. The maximum atomic E-state index is 11.3. The Bertz CT molecular complexity index is 639. The molecule has 1 heterocycles. The van der Waals surface area contributed by atoms with E-state index in [2.05, 4.69) is 22.5 Å². The monoisotopic (exact) mass is 318 g/mol. The van der Waals surface area contributed by atoms with E-state index < -0.39 is 11.9 Å². The van der Waals surface area contributed by atoms with Crippen molar-refractivity contribution in [2.24, 2.45) is 5.73 Å². The molecule has 1 aromatic heterocycles. The molecule has 0 aliphatic carbocycles. The minimum absolute atomic E-state index is 0.449. The first-order valence-electron chi connectivity index (χ1n) is 8.31. The van der Waals surface area contributed by atoms with Crippen molar-refractivity contribution in [2.75, 3.05) is 0 Å². The van der Waals surface area contributed by atoms with Crippen LogP contribution in [0.2, 0.25) is 0 Å². The number of hydroxylamine groups is 1. The van der Waals surface area contributed by atoms with Crippen molar-refractivity contribution in [1.29, 1.82) is 0 Å². The summed E-state index contributed by atoms with van der Waals surface area (Å²) < 4.78 is 2.23. The van der Waals surface area contributed by atoms with Crippen LogP contribution in [0.25, 0.3) is 11.0 Å². The topological polar surface area (TPSA) is 93.2 Å². The second-order valence-corrected chi connectivity index (χ2v) is 5.85. The van der Waals surface area contributed by atoms with Gasteiger partial charge in [-0.1, -0.05) is 38.3 Å². The second kappa shape index (κ2) is 8.64. The fraction of sp³-hybridized carbons (Fsp3) is 0.529. The van der Waals surface area contributed by atoms with Gasteiger partial charge in [-0.2, -0.15) is 0 Å². The number of carbonyl (C=O) groups excluding carboxylic acids is 1. The van der Waals surface area contributed by atoms with Crippen LogP contribution in [0.15, 0.2) is 24.3 Å². The smallest absolute Gasteiger partial charge is 0.260 e. The summed E-state index contributed by atoms with van der Waals surface area (Å²) in [5.41, 5.74) is 9.44. The highest BCUT2D eigenvalue weighted by Gasteiger charge is 2.16. The maximum absolute atomic E-state index is 11.3. The molecular weight excluding hydrogens is 292 g/mol. The van der Waals surface area contributed by atoms with Crippen molar-refractivity contribution in [3.05, 3.63) is 30.1 Å². The number of aromatic nitrogens is 2. The van der Waals surface area contributed by atoms with E-state index in [0.717, 1.165) is 29.8 Å². The van der Waals surface area contributed by atoms with Crippen LogP contribution >= 0.6 is 0 Å². The van der Waals surface area contributed by atoms with Crippen LogP contribution in [-0.4, -0.2) is 26.7 Å². The van der Waals surface area contributed by atoms with Gasteiger partial charge in [-0.15, -0.1) is 0 Å². The number of nitrogens with one attached hydrogen (secondary N) is 1. The number of fused-ring (bicyclic) bond motifs is 1. The van der Waals surface area contributed by atoms with Crippen molar-refractivity contribution >= 4 is 16.9 Å². The van der Waals surface area contributed by atoms with Crippen LogP contribution in [0.1, 0.15) is 44.9 Å². The van der Waals surface area contributed by atoms with Crippen LogP contribution < -0.4 is 11.2 Å². The van der Waals surface area contributed by atoms with Gasteiger partial charge in [-0.25, -0.2) is 10.5 Å². The second-order valence-electron chi connectivity index (χ2n) is 5.85. The summed E-state index contributed by atoms with van der Waals surface area (Å²) in [5.74, 6) is 0.388. The summed E-state index contributed by atoms with van der Waals surface area (Å²) in [6, 6.07) is 7.34. The summed E-state index contributed by atoms with van der Waals surface area (Å²) >= 11 is 0. The summed E-state index contributed by atoms with van der Waals surface area (Å²) in [7, 11) is 0. The maximum Gasteiger partial charge on any atom is 0.260 e. The van der Waals surface area contributed by atoms with Gasteiger partial charge < -0.3 is 10.3 Å². The lowest BCUT2D eigenvalue weighted by atomic mass is 10.1. The number of para-hydroxylation sites is 2. The van der Waals surface area contributed by atoms with Gasteiger partial charge in [0.1, 0.15) is 5.82 Å². The van der Waals surface area contributed by atoms with Crippen LogP contribution in [0, 0.1) is 0 Å². The summed E-state index contributed by atoms with van der Waals surface area (Å²) in [6.07, 6.45) is 5.83. The number of benzene rings is 1. The van der Waals surface area contributed by atoms with Gasteiger partial charge in [0.25, 0.3) is 5.91 Å². The number of carbonyl (C=O) groups is 1. The van der Waals surface area contributed by atoms with E-state index in [0.29, 0.717) is 12.8 Å². The summed E-state index contributed by atoms with van der Waals surface area (Å²) in [6.45, 7) is 3.13. The molecular formula is C17H26N4O2. The van der Waals surface area contributed by atoms with E-state index >= 15 is 0 Å². The SMILES string of the molecule is CCCCCCn1c(CC[C@H](N)C(=O)NO)nc2ccccc21. The zero-order chi connectivity index (χ0) is 16.7. The number of imidazole rings is 1. The Morgan fingerprint density at radius 1 is 1.35 bits per heavy atom. The minimum Gasteiger partial charge on any atom is -0.328 e. The van der Waals surface area contributed by atoms with Gasteiger partial charge in [-0.3, -0.25) is 10.0 Å². The van der Waals surface area contributed by atoms with Gasteiger partial charge in [-0.05, 0) is 25.0 Å². The third-order valence-electron chi connectivity index (χ3n) is 4.09. The van der Waals surface area contributed by atoms with Crippen molar-refractivity contribution in [3.63, 3.8) is 0 Å². The number of unbranched alkanes of at least 4 members (excludes halogenated alkanes) is 3. The van der Waals surface area contributed by atoms with Gasteiger partial charge in [0.05, 0.1) is 17.1 Å². The molecule has 6 nitrogen and oxygen atoms in total. The average molecular weight is 318 g/mol. The van der Waals surface area contributed by atoms with E-state index in [4.69, 9.17) is 10.9 Å². The summed E-state index contributed by atoms with van der Waals surface area (Å²) in [5, 5.41) is 8.64. The Morgan fingerprint density at radius 3 is 2.87 bits per heavy atom. The predicted octanol–water partition coefficient (Wildman–Crippen LogP) is 2.38. The first kappa shape index (κ1) is 17.4. The third kappa shape index (κ3) is 4.53. The normalized spacial score (nSPS) is 12.5. The van der Waals surface area contributed by atoms with Crippen molar-refractivity contribution < 1.29 is 10.0 Å². The van der Waals surface area contributed by atoms with Crippen LogP contribution in [0.3, 0.4) is 0 Å². The first-order valence-corrected chi connectivity index (χ1v) is 8.31. The Kier molecular flexibility index (Phi) is 6.55. The molecule has 23 heavy (non-hydrogen) atoms. The quantitative estimate of drug-likeness (QED) is 0.376. The predicted molar refractivity (Wildman–Crippen MR) is 90.1 cm³/mol. The molecule has 0 unspecified atom stereocenters. The third-order valence-corrected chi connectivity index (χ3v) is 4.09. The van der Waals surface area contributed by atoms with Gasteiger partial charge in [0, 0.05) is 13.0 Å². The van der Waals surface area contributed by atoms with Gasteiger partial charge in [0.15, 0.2) is 0 Å². The molecule has 0 bridgehead atoms. The van der Waals surface area contributed by atoms with Gasteiger partial charge >= 0.3 is 0 Å². The lowest BCUT2D eigenvalue weighted by Gasteiger charge is -2.11. The van der Waals surface area contributed by atoms with E-state index in [9.17, 15) is 4.79 Å². The van der Waals surface area contributed by atoms with Crippen LogP contribution in [0.5, 0.6) is 0 Å². The molecule has 0 aliphatic rings. The number of amides is 1. The Balaban J connectivity index is 2.12. The minimum atomic E-state index is -0.728. The first-order chi connectivity index (χ1) is 11.2. The molecule has 2 rings (SSSR count).